The van der Waals surface area contributed by atoms with Crippen molar-refractivity contribution < 1.29 is 9.84 Å². The molecule has 1 N–H and O–H groups in total. The van der Waals surface area contributed by atoms with Gasteiger partial charge in [0.2, 0.25) is 0 Å². The molecule has 1 aromatic rings. The third-order valence-corrected chi connectivity index (χ3v) is 4.74. The van der Waals surface area contributed by atoms with E-state index in [4.69, 9.17) is 4.74 Å². The van der Waals surface area contributed by atoms with E-state index in [0.29, 0.717) is 18.3 Å². The summed E-state index contributed by atoms with van der Waals surface area (Å²) in [4.78, 5) is 0. The maximum atomic E-state index is 10.6. The van der Waals surface area contributed by atoms with Gasteiger partial charge in [0, 0.05) is 11.5 Å². The third kappa shape index (κ3) is 2.59. The minimum atomic E-state index is 0.208. The summed E-state index contributed by atoms with van der Waals surface area (Å²) >= 11 is 0. The largest absolute Gasteiger partial charge is 0.507 e. The first-order chi connectivity index (χ1) is 10.1. The zero-order valence-corrected chi connectivity index (χ0v) is 13.0. The summed E-state index contributed by atoms with van der Waals surface area (Å²) in [6.07, 6.45) is 6.55. The smallest absolute Gasteiger partial charge is 0.127 e. The molecule has 1 aromatic carbocycles. The van der Waals surface area contributed by atoms with Gasteiger partial charge in [-0.05, 0) is 55.4 Å². The molecule has 0 unspecified atom stereocenters. The zero-order chi connectivity index (χ0) is 15.0. The highest BCUT2D eigenvalue weighted by Crippen LogP contribution is 2.48. The van der Waals surface area contributed by atoms with Crippen molar-refractivity contribution in [1.82, 2.24) is 0 Å². The minimum Gasteiger partial charge on any atom is -0.507 e. The lowest BCUT2D eigenvalue weighted by atomic mass is 9.74. The number of aromatic hydroxyl groups is 1. The van der Waals surface area contributed by atoms with Gasteiger partial charge in [-0.15, -0.1) is 0 Å². The van der Waals surface area contributed by atoms with E-state index in [1.54, 1.807) is 0 Å². The highest BCUT2D eigenvalue weighted by atomic mass is 16.5. The van der Waals surface area contributed by atoms with E-state index in [2.05, 4.69) is 32.6 Å². The molecule has 3 rings (SSSR count). The number of allylic oxidation sites excluding steroid dienone is 2. The molecular formula is C19H24O2. The lowest BCUT2D eigenvalue weighted by Crippen LogP contribution is -2.17. The van der Waals surface area contributed by atoms with E-state index in [-0.39, 0.29) is 5.92 Å². The predicted molar refractivity (Wildman–Crippen MR) is 86.0 cm³/mol. The van der Waals surface area contributed by atoms with Crippen LogP contribution >= 0.6 is 0 Å². The summed E-state index contributed by atoms with van der Waals surface area (Å²) in [6, 6.07) is 4.01. The van der Waals surface area contributed by atoms with Gasteiger partial charge >= 0.3 is 0 Å². The standard InChI is InChI=1S/C19H24O2/c1-4-5-14-9-17(20)19-16-8-12(2)6-7-15(16)13(3)11-21-18(19)10-14/h8-10,15-16,20H,3-7,11H2,1-2H3/t15-,16+/m0/s1. The summed E-state index contributed by atoms with van der Waals surface area (Å²) in [7, 11) is 0. The van der Waals surface area contributed by atoms with Gasteiger partial charge in [-0.3, -0.25) is 0 Å². The lowest BCUT2D eigenvalue weighted by Gasteiger charge is -2.29. The van der Waals surface area contributed by atoms with Crippen LogP contribution in [0.1, 0.15) is 50.2 Å². The van der Waals surface area contributed by atoms with E-state index in [0.717, 1.165) is 48.1 Å². The number of aryl methyl sites for hydroxylation is 1. The number of hydrogen-bond acceptors (Lipinski definition) is 2. The average molecular weight is 284 g/mol. The monoisotopic (exact) mass is 284 g/mol. The second kappa shape index (κ2) is 5.59. The fourth-order valence-electron chi connectivity index (χ4n) is 3.64. The molecular weight excluding hydrogens is 260 g/mol. The number of phenolic OH excluding ortho intramolecular Hbond substituents is 1. The second-order valence-corrected chi connectivity index (χ2v) is 6.41. The Kier molecular flexibility index (Phi) is 3.79. The second-order valence-electron chi connectivity index (χ2n) is 6.41. The first-order valence-electron chi connectivity index (χ1n) is 7.93. The highest BCUT2D eigenvalue weighted by molar-refractivity contribution is 5.53. The predicted octanol–water partition coefficient (Wildman–Crippen LogP) is 4.73. The molecule has 0 saturated carbocycles. The SMILES string of the molecule is C=C1COc2cc(CCC)cc(O)c2[C@@H]2C=C(C)CC[C@@H]12. The highest BCUT2D eigenvalue weighted by Gasteiger charge is 2.34. The first-order valence-corrected chi connectivity index (χ1v) is 7.93. The minimum absolute atomic E-state index is 0.208. The van der Waals surface area contributed by atoms with Crippen LogP contribution in [-0.4, -0.2) is 11.7 Å². The molecule has 1 heterocycles. The van der Waals surface area contributed by atoms with Gasteiger partial charge in [-0.2, -0.15) is 0 Å². The van der Waals surface area contributed by atoms with Crippen molar-refractivity contribution in [2.24, 2.45) is 5.92 Å². The van der Waals surface area contributed by atoms with Crippen LogP contribution < -0.4 is 4.74 Å². The molecule has 2 nitrogen and oxygen atoms in total. The molecule has 1 aliphatic heterocycles. The van der Waals surface area contributed by atoms with Crippen LogP contribution in [0.5, 0.6) is 11.5 Å². The Labute approximate surface area is 127 Å². The molecule has 0 saturated heterocycles. The topological polar surface area (TPSA) is 29.5 Å². The van der Waals surface area contributed by atoms with Crippen LogP contribution in [0.25, 0.3) is 0 Å². The number of benzene rings is 1. The van der Waals surface area contributed by atoms with Gasteiger partial charge < -0.3 is 9.84 Å². The summed E-state index contributed by atoms with van der Waals surface area (Å²) < 4.78 is 5.97. The Morgan fingerprint density at radius 2 is 2.19 bits per heavy atom. The molecule has 2 atom stereocenters. The fourth-order valence-corrected chi connectivity index (χ4v) is 3.64. The summed E-state index contributed by atoms with van der Waals surface area (Å²) in [5.41, 5.74) is 4.65. The van der Waals surface area contributed by atoms with Crippen molar-refractivity contribution in [3.8, 4) is 11.5 Å². The molecule has 1 aliphatic carbocycles. The Morgan fingerprint density at radius 1 is 1.38 bits per heavy atom. The van der Waals surface area contributed by atoms with E-state index in [1.165, 1.54) is 5.57 Å². The maximum absolute atomic E-state index is 10.6. The average Bonchev–Trinajstić information content (AvgIpc) is 2.57. The van der Waals surface area contributed by atoms with E-state index < -0.39 is 0 Å². The van der Waals surface area contributed by atoms with Gasteiger partial charge in [0.1, 0.15) is 18.1 Å². The maximum Gasteiger partial charge on any atom is 0.127 e. The first kappa shape index (κ1) is 14.2. The number of hydrogen-bond donors (Lipinski definition) is 1. The van der Waals surface area contributed by atoms with Gasteiger partial charge in [0.05, 0.1) is 0 Å². The molecule has 112 valence electrons. The van der Waals surface area contributed by atoms with Crippen molar-refractivity contribution in [1.29, 1.82) is 0 Å². The van der Waals surface area contributed by atoms with Crippen LogP contribution in [-0.2, 0) is 6.42 Å². The summed E-state index contributed by atoms with van der Waals surface area (Å²) in [5, 5.41) is 10.6. The quantitative estimate of drug-likeness (QED) is 0.795. The van der Waals surface area contributed by atoms with E-state index in [9.17, 15) is 5.11 Å². The molecule has 0 bridgehead atoms. The van der Waals surface area contributed by atoms with Crippen molar-refractivity contribution >= 4 is 0 Å². The summed E-state index contributed by atoms with van der Waals surface area (Å²) in [6.45, 7) is 9.11. The molecule has 0 spiro atoms. The van der Waals surface area contributed by atoms with E-state index >= 15 is 0 Å². The zero-order valence-electron chi connectivity index (χ0n) is 13.0. The fraction of sp³-hybridized carbons (Fsp3) is 0.474. The van der Waals surface area contributed by atoms with Crippen molar-refractivity contribution in [2.45, 2.75) is 45.4 Å². The van der Waals surface area contributed by atoms with Gasteiger partial charge in [0.15, 0.2) is 0 Å². The van der Waals surface area contributed by atoms with Crippen LogP contribution in [0, 0.1) is 5.92 Å². The number of phenols is 1. The van der Waals surface area contributed by atoms with Gasteiger partial charge in [0.25, 0.3) is 0 Å². The van der Waals surface area contributed by atoms with Gasteiger partial charge in [-0.1, -0.05) is 31.6 Å². The molecule has 0 amide bonds. The summed E-state index contributed by atoms with van der Waals surface area (Å²) in [5.74, 6) is 1.82. The third-order valence-electron chi connectivity index (χ3n) is 4.74. The number of ether oxygens (including phenoxy) is 1. The molecule has 0 aromatic heterocycles. The Morgan fingerprint density at radius 3 is 2.95 bits per heavy atom. The molecule has 21 heavy (non-hydrogen) atoms. The van der Waals surface area contributed by atoms with Crippen molar-refractivity contribution in [3.05, 3.63) is 47.1 Å². The molecule has 0 fully saturated rings. The van der Waals surface area contributed by atoms with E-state index in [1.807, 2.05) is 6.07 Å². The van der Waals surface area contributed by atoms with Crippen LogP contribution in [0.4, 0.5) is 0 Å². The van der Waals surface area contributed by atoms with Crippen molar-refractivity contribution in [3.63, 3.8) is 0 Å². The van der Waals surface area contributed by atoms with Gasteiger partial charge in [-0.25, -0.2) is 0 Å². The normalized spacial score (nSPS) is 24.5. The van der Waals surface area contributed by atoms with Crippen molar-refractivity contribution in [2.75, 3.05) is 6.61 Å². The Hall–Kier alpha value is -1.70. The molecule has 0 radical (unpaired) electrons. The number of fused-ring (bicyclic) bond motifs is 3. The lowest BCUT2D eigenvalue weighted by molar-refractivity contribution is 0.341. The van der Waals surface area contributed by atoms with Crippen LogP contribution in [0.15, 0.2) is 35.9 Å². The number of rotatable bonds is 2. The van der Waals surface area contributed by atoms with Crippen LogP contribution in [0.2, 0.25) is 0 Å². The Bertz CT molecular complexity index is 598. The Balaban J connectivity index is 2.11. The molecule has 2 heteroatoms. The van der Waals surface area contributed by atoms with Crippen LogP contribution in [0.3, 0.4) is 0 Å². The molecule has 2 aliphatic rings.